The molecular formula is C9H17BrCl2O. The van der Waals surface area contributed by atoms with E-state index in [2.05, 4.69) is 29.8 Å². The largest absolute Gasteiger partial charge is 0.373 e. The van der Waals surface area contributed by atoms with E-state index >= 15 is 0 Å². The first-order valence-corrected chi connectivity index (χ1v) is 6.59. The predicted octanol–water partition coefficient (Wildman–Crippen LogP) is 3.80. The molecule has 0 saturated heterocycles. The van der Waals surface area contributed by atoms with Gasteiger partial charge in [0.1, 0.15) is 0 Å². The molecule has 4 heteroatoms. The summed E-state index contributed by atoms with van der Waals surface area (Å²) in [6.45, 7) is 4.23. The number of hydrogen-bond acceptors (Lipinski definition) is 1. The summed E-state index contributed by atoms with van der Waals surface area (Å²) in [7, 11) is 0. The molecule has 0 aliphatic heterocycles. The fraction of sp³-hybridized carbons (Fsp3) is 1.00. The van der Waals surface area contributed by atoms with Gasteiger partial charge >= 0.3 is 0 Å². The number of hydrogen-bond donors (Lipinski definition) is 0. The van der Waals surface area contributed by atoms with Crippen LogP contribution in [-0.4, -0.2) is 28.8 Å². The molecule has 0 aromatic heterocycles. The zero-order valence-corrected chi connectivity index (χ0v) is 11.2. The van der Waals surface area contributed by atoms with Gasteiger partial charge in [-0.2, -0.15) is 0 Å². The first-order chi connectivity index (χ1) is 6.19. The number of alkyl halides is 3. The quantitative estimate of drug-likeness (QED) is 0.648. The Morgan fingerprint density at radius 2 is 1.69 bits per heavy atom. The standard InChI is InChI=1S/C9H17BrCl2O/c1-3-7(4-2)13-9(6-12)8(10)5-11/h7-9H,3-6H2,1-2H3. The van der Waals surface area contributed by atoms with Crippen LogP contribution in [0.25, 0.3) is 0 Å². The summed E-state index contributed by atoms with van der Waals surface area (Å²) in [6, 6.07) is 0. The molecule has 0 aromatic rings. The van der Waals surface area contributed by atoms with Crippen molar-refractivity contribution in [3.63, 3.8) is 0 Å². The van der Waals surface area contributed by atoms with Crippen molar-refractivity contribution in [2.75, 3.05) is 11.8 Å². The number of ether oxygens (including phenoxy) is 1. The molecule has 0 aliphatic carbocycles. The van der Waals surface area contributed by atoms with Crippen LogP contribution in [0.2, 0.25) is 0 Å². The van der Waals surface area contributed by atoms with E-state index in [0.717, 1.165) is 12.8 Å². The van der Waals surface area contributed by atoms with Crippen LogP contribution < -0.4 is 0 Å². The first kappa shape index (κ1) is 14.0. The predicted molar refractivity (Wildman–Crippen MR) is 63.4 cm³/mol. The van der Waals surface area contributed by atoms with E-state index in [4.69, 9.17) is 27.9 Å². The lowest BCUT2D eigenvalue weighted by atomic mass is 10.2. The Bertz CT molecular complexity index is 120. The normalized spacial score (nSPS) is 16.2. The maximum atomic E-state index is 5.79. The van der Waals surface area contributed by atoms with Crippen LogP contribution in [0.15, 0.2) is 0 Å². The van der Waals surface area contributed by atoms with Gasteiger partial charge in [0.05, 0.1) is 17.0 Å². The summed E-state index contributed by atoms with van der Waals surface area (Å²) in [4.78, 5) is 0.146. The van der Waals surface area contributed by atoms with Crippen molar-refractivity contribution in [2.45, 2.75) is 43.7 Å². The molecule has 80 valence electrons. The summed E-state index contributed by atoms with van der Waals surface area (Å²) < 4.78 is 5.79. The average Bonchev–Trinajstić information content (AvgIpc) is 2.19. The topological polar surface area (TPSA) is 9.23 Å². The molecule has 0 bridgehead atoms. The lowest BCUT2D eigenvalue weighted by molar-refractivity contribution is -0.00130. The minimum atomic E-state index is 0.0177. The summed E-state index contributed by atoms with van der Waals surface area (Å²) in [5, 5.41) is 0. The average molecular weight is 292 g/mol. The van der Waals surface area contributed by atoms with Crippen LogP contribution in [0.4, 0.5) is 0 Å². The van der Waals surface area contributed by atoms with Gasteiger partial charge in [0.2, 0.25) is 0 Å². The second-order valence-corrected chi connectivity index (χ2v) is 4.73. The van der Waals surface area contributed by atoms with E-state index < -0.39 is 0 Å². The van der Waals surface area contributed by atoms with Gasteiger partial charge in [0.25, 0.3) is 0 Å². The maximum absolute atomic E-state index is 5.79. The number of rotatable bonds is 7. The third-order valence-electron chi connectivity index (χ3n) is 1.98. The van der Waals surface area contributed by atoms with Crippen LogP contribution in [0, 0.1) is 0 Å². The highest BCUT2D eigenvalue weighted by atomic mass is 79.9. The lowest BCUT2D eigenvalue weighted by Crippen LogP contribution is -2.31. The second-order valence-electron chi connectivity index (χ2n) is 2.94. The molecule has 2 atom stereocenters. The third-order valence-corrected chi connectivity index (χ3v) is 3.90. The minimum Gasteiger partial charge on any atom is -0.373 e. The van der Waals surface area contributed by atoms with Gasteiger partial charge < -0.3 is 4.74 Å². The van der Waals surface area contributed by atoms with Gasteiger partial charge in [-0.1, -0.05) is 29.8 Å². The molecule has 0 heterocycles. The van der Waals surface area contributed by atoms with Crippen molar-refractivity contribution in [1.29, 1.82) is 0 Å². The van der Waals surface area contributed by atoms with Gasteiger partial charge in [-0.05, 0) is 12.8 Å². The molecule has 0 amide bonds. The highest BCUT2D eigenvalue weighted by Gasteiger charge is 2.20. The lowest BCUT2D eigenvalue weighted by Gasteiger charge is -2.24. The van der Waals surface area contributed by atoms with E-state index in [1.807, 2.05) is 0 Å². The fourth-order valence-electron chi connectivity index (χ4n) is 1.05. The highest BCUT2D eigenvalue weighted by molar-refractivity contribution is 9.09. The van der Waals surface area contributed by atoms with Gasteiger partial charge in [0.15, 0.2) is 0 Å². The molecule has 2 unspecified atom stereocenters. The van der Waals surface area contributed by atoms with Crippen molar-refractivity contribution in [1.82, 2.24) is 0 Å². The van der Waals surface area contributed by atoms with Crippen molar-refractivity contribution in [3.8, 4) is 0 Å². The maximum Gasteiger partial charge on any atom is 0.0850 e. The van der Waals surface area contributed by atoms with Crippen molar-refractivity contribution >= 4 is 39.1 Å². The van der Waals surface area contributed by atoms with Crippen molar-refractivity contribution < 1.29 is 4.74 Å². The van der Waals surface area contributed by atoms with Crippen LogP contribution >= 0.6 is 39.1 Å². The Kier molecular flexibility index (Phi) is 8.99. The first-order valence-electron chi connectivity index (χ1n) is 4.60. The Hall–Kier alpha value is 1.02. The molecule has 1 nitrogen and oxygen atoms in total. The Labute approximate surface area is 99.2 Å². The molecule has 0 aromatic carbocycles. The molecule has 0 aliphatic rings. The summed E-state index contributed by atoms with van der Waals surface area (Å²) in [5.41, 5.74) is 0. The Morgan fingerprint density at radius 3 is 2.00 bits per heavy atom. The summed E-state index contributed by atoms with van der Waals surface area (Å²) >= 11 is 14.9. The van der Waals surface area contributed by atoms with E-state index in [0.29, 0.717) is 17.9 Å². The minimum absolute atomic E-state index is 0.0177. The van der Waals surface area contributed by atoms with Crippen molar-refractivity contribution in [2.24, 2.45) is 0 Å². The Balaban J connectivity index is 3.94. The highest BCUT2D eigenvalue weighted by Crippen LogP contribution is 2.17. The van der Waals surface area contributed by atoms with E-state index in [1.54, 1.807) is 0 Å². The summed E-state index contributed by atoms with van der Waals surface area (Å²) in [6.07, 6.45) is 2.36. The molecule has 0 fully saturated rings. The fourth-order valence-corrected chi connectivity index (χ4v) is 2.06. The van der Waals surface area contributed by atoms with E-state index in [-0.39, 0.29) is 10.9 Å². The van der Waals surface area contributed by atoms with Gasteiger partial charge in [-0.15, -0.1) is 23.2 Å². The second kappa shape index (κ2) is 8.34. The molecular weight excluding hydrogens is 275 g/mol. The zero-order chi connectivity index (χ0) is 10.3. The summed E-state index contributed by atoms with van der Waals surface area (Å²) in [5.74, 6) is 1.01. The molecule has 0 saturated carbocycles. The third kappa shape index (κ3) is 5.46. The van der Waals surface area contributed by atoms with Crippen LogP contribution in [0.3, 0.4) is 0 Å². The van der Waals surface area contributed by atoms with Crippen LogP contribution in [-0.2, 0) is 4.74 Å². The van der Waals surface area contributed by atoms with Gasteiger partial charge in [-0.25, -0.2) is 0 Å². The SMILES string of the molecule is CCC(CC)OC(CCl)C(Br)CCl. The molecule has 0 rings (SSSR count). The van der Waals surface area contributed by atoms with E-state index in [9.17, 15) is 0 Å². The molecule has 13 heavy (non-hydrogen) atoms. The molecule has 0 N–H and O–H groups in total. The van der Waals surface area contributed by atoms with Crippen LogP contribution in [0.5, 0.6) is 0 Å². The smallest absolute Gasteiger partial charge is 0.0850 e. The van der Waals surface area contributed by atoms with E-state index in [1.165, 1.54) is 0 Å². The van der Waals surface area contributed by atoms with Gasteiger partial charge in [-0.3, -0.25) is 0 Å². The zero-order valence-electron chi connectivity index (χ0n) is 8.10. The van der Waals surface area contributed by atoms with Crippen LogP contribution in [0.1, 0.15) is 26.7 Å². The molecule has 0 spiro atoms. The number of halogens is 3. The van der Waals surface area contributed by atoms with Gasteiger partial charge in [0, 0.05) is 11.8 Å². The monoisotopic (exact) mass is 290 g/mol. The molecule has 0 radical (unpaired) electrons. The van der Waals surface area contributed by atoms with Crippen molar-refractivity contribution in [3.05, 3.63) is 0 Å². The Morgan fingerprint density at radius 1 is 1.15 bits per heavy atom.